The van der Waals surface area contributed by atoms with Crippen LogP contribution in [0.3, 0.4) is 0 Å². The number of carbonyl (C=O) groups is 2. The first-order valence-electron chi connectivity index (χ1n) is 9.18. The summed E-state index contributed by atoms with van der Waals surface area (Å²) in [6.07, 6.45) is 6.06. The molecule has 0 aromatic carbocycles. The zero-order valence-electron chi connectivity index (χ0n) is 15.0. The van der Waals surface area contributed by atoms with Crippen molar-refractivity contribution in [2.24, 2.45) is 5.92 Å². The summed E-state index contributed by atoms with van der Waals surface area (Å²) in [5, 5.41) is 3.08. The molecule has 0 spiro atoms. The molecule has 1 N–H and O–H groups in total. The molecule has 1 saturated carbocycles. The molecule has 140 valence electrons. The number of rotatable bonds is 4. The van der Waals surface area contributed by atoms with Gasteiger partial charge in [0.2, 0.25) is 5.88 Å². The first-order valence-corrected chi connectivity index (χ1v) is 9.18. The van der Waals surface area contributed by atoms with E-state index in [1.165, 1.54) is 19.5 Å². The van der Waals surface area contributed by atoms with Crippen molar-refractivity contribution in [2.45, 2.75) is 37.9 Å². The molecule has 3 atom stereocenters. The zero-order valence-corrected chi connectivity index (χ0v) is 15.0. The minimum atomic E-state index is -0.158. The zero-order chi connectivity index (χ0) is 18.5. The maximum absolute atomic E-state index is 12.8. The van der Waals surface area contributed by atoms with Crippen LogP contribution in [0, 0.1) is 5.92 Å². The summed E-state index contributed by atoms with van der Waals surface area (Å²) in [7, 11) is 1.50. The molecule has 9 heteroatoms. The Hall–Kier alpha value is -2.97. The maximum atomic E-state index is 12.8. The fourth-order valence-electron chi connectivity index (χ4n) is 4.37. The number of hydrogen-bond acceptors (Lipinski definition) is 6. The molecule has 5 heterocycles. The first kappa shape index (κ1) is 16.2. The highest BCUT2D eigenvalue weighted by atomic mass is 16.5. The molecule has 27 heavy (non-hydrogen) atoms. The summed E-state index contributed by atoms with van der Waals surface area (Å²) in [5.74, 6) is 1.31. The van der Waals surface area contributed by atoms with E-state index < -0.39 is 0 Å². The van der Waals surface area contributed by atoms with Crippen molar-refractivity contribution in [3.8, 4) is 5.88 Å². The summed E-state index contributed by atoms with van der Waals surface area (Å²) in [4.78, 5) is 39.6. The van der Waals surface area contributed by atoms with Crippen molar-refractivity contribution in [3.05, 3.63) is 35.8 Å². The number of hydrogen-bond donors (Lipinski definition) is 1. The average molecular weight is 368 g/mol. The molecule has 3 fully saturated rings. The van der Waals surface area contributed by atoms with Gasteiger partial charge in [0.25, 0.3) is 11.8 Å². The number of aromatic nitrogens is 4. The summed E-state index contributed by atoms with van der Waals surface area (Å²) in [6.45, 7) is 1.55. The van der Waals surface area contributed by atoms with E-state index in [1.807, 2.05) is 10.8 Å². The lowest BCUT2D eigenvalue weighted by molar-refractivity contribution is 0.0692. The predicted molar refractivity (Wildman–Crippen MR) is 93.3 cm³/mol. The molecule has 0 radical (unpaired) electrons. The van der Waals surface area contributed by atoms with Gasteiger partial charge in [-0.2, -0.15) is 0 Å². The Morgan fingerprint density at radius 2 is 2.19 bits per heavy atom. The number of imidazole rings is 1. The Morgan fingerprint density at radius 3 is 3.00 bits per heavy atom. The number of ether oxygens (including phenoxy) is 1. The van der Waals surface area contributed by atoms with E-state index in [4.69, 9.17) is 4.74 Å². The maximum Gasteiger partial charge on any atom is 0.273 e. The SMILES string of the molecule is COc1cc(C(=O)N2CC3CC2C3NC(=O)c2cn3c(n2)CCC3)ncn1. The van der Waals surface area contributed by atoms with Gasteiger partial charge in [-0.25, -0.2) is 15.0 Å². The van der Waals surface area contributed by atoms with Crippen LogP contribution < -0.4 is 10.1 Å². The second-order valence-electron chi connectivity index (χ2n) is 7.30. The smallest absolute Gasteiger partial charge is 0.273 e. The second kappa shape index (κ2) is 6.04. The molecule has 2 amide bonds. The van der Waals surface area contributed by atoms with Crippen LogP contribution in [-0.2, 0) is 13.0 Å². The highest BCUT2D eigenvalue weighted by Gasteiger charge is 2.54. The van der Waals surface area contributed by atoms with Gasteiger partial charge in [0.1, 0.15) is 23.5 Å². The first-order chi connectivity index (χ1) is 13.1. The van der Waals surface area contributed by atoms with Crippen molar-refractivity contribution >= 4 is 11.8 Å². The van der Waals surface area contributed by atoms with E-state index >= 15 is 0 Å². The lowest BCUT2D eigenvalue weighted by Gasteiger charge is -2.36. The Balaban J connectivity index is 1.27. The third-order valence-electron chi connectivity index (χ3n) is 5.82. The molecule has 4 aliphatic rings. The number of aryl methyl sites for hydroxylation is 2. The minimum Gasteiger partial charge on any atom is -0.481 e. The van der Waals surface area contributed by atoms with Gasteiger partial charge in [-0.1, -0.05) is 0 Å². The van der Waals surface area contributed by atoms with Gasteiger partial charge < -0.3 is 19.5 Å². The summed E-state index contributed by atoms with van der Waals surface area (Å²) < 4.78 is 7.11. The van der Waals surface area contributed by atoms with Crippen LogP contribution in [0.4, 0.5) is 0 Å². The van der Waals surface area contributed by atoms with E-state index in [-0.39, 0.29) is 29.8 Å². The van der Waals surface area contributed by atoms with E-state index in [9.17, 15) is 9.59 Å². The highest BCUT2D eigenvalue weighted by molar-refractivity contribution is 5.94. The number of nitrogens with zero attached hydrogens (tertiary/aromatic N) is 5. The van der Waals surface area contributed by atoms with Crippen LogP contribution in [-0.4, -0.2) is 62.0 Å². The molecule has 3 unspecified atom stereocenters. The van der Waals surface area contributed by atoms with Crippen LogP contribution in [0.5, 0.6) is 5.88 Å². The van der Waals surface area contributed by atoms with E-state index in [1.54, 1.807) is 4.90 Å². The number of amides is 2. The number of methoxy groups -OCH3 is 1. The fourth-order valence-corrected chi connectivity index (χ4v) is 4.37. The monoisotopic (exact) mass is 368 g/mol. The third kappa shape index (κ3) is 2.56. The highest BCUT2D eigenvalue weighted by Crippen LogP contribution is 2.41. The van der Waals surface area contributed by atoms with Gasteiger partial charge in [0, 0.05) is 37.7 Å². The molecule has 3 aliphatic heterocycles. The van der Waals surface area contributed by atoms with Crippen LogP contribution >= 0.6 is 0 Å². The van der Waals surface area contributed by atoms with Crippen LogP contribution in [0.2, 0.25) is 0 Å². The summed E-state index contributed by atoms with van der Waals surface area (Å²) >= 11 is 0. The van der Waals surface area contributed by atoms with Crippen LogP contribution in [0.25, 0.3) is 0 Å². The van der Waals surface area contributed by atoms with Gasteiger partial charge in [-0.3, -0.25) is 9.59 Å². The lowest BCUT2D eigenvalue weighted by atomic mass is 9.80. The second-order valence-corrected chi connectivity index (χ2v) is 7.30. The number of nitrogens with one attached hydrogen (secondary N) is 1. The molecule has 2 saturated heterocycles. The van der Waals surface area contributed by atoms with Crippen molar-refractivity contribution in [2.75, 3.05) is 13.7 Å². The van der Waals surface area contributed by atoms with Crippen LogP contribution in [0.1, 0.15) is 39.6 Å². The third-order valence-corrected chi connectivity index (χ3v) is 5.82. The van der Waals surface area contributed by atoms with Gasteiger partial charge in [0.15, 0.2) is 0 Å². The minimum absolute atomic E-state index is 0.00173. The van der Waals surface area contributed by atoms with E-state index in [0.29, 0.717) is 23.8 Å². The van der Waals surface area contributed by atoms with Crippen molar-refractivity contribution in [1.82, 2.24) is 29.7 Å². The molecule has 1 aliphatic carbocycles. The molecule has 6 rings (SSSR count). The molecule has 2 aromatic heterocycles. The summed E-state index contributed by atoms with van der Waals surface area (Å²) in [5.41, 5.74) is 0.777. The number of fused-ring (bicyclic) bond motifs is 2. The average Bonchev–Trinajstić information content (AvgIpc) is 3.43. The molecule has 2 aromatic rings. The molecular formula is C18H20N6O3. The Labute approximate surface area is 155 Å². The Kier molecular flexibility index (Phi) is 3.63. The van der Waals surface area contributed by atoms with E-state index in [2.05, 4.69) is 20.3 Å². The van der Waals surface area contributed by atoms with Crippen molar-refractivity contribution in [1.29, 1.82) is 0 Å². The Morgan fingerprint density at radius 1 is 1.30 bits per heavy atom. The van der Waals surface area contributed by atoms with Crippen LogP contribution in [0.15, 0.2) is 18.6 Å². The Bertz CT molecular complexity index is 904. The predicted octanol–water partition coefficient (Wildman–Crippen LogP) is 0.271. The quantitative estimate of drug-likeness (QED) is 0.831. The van der Waals surface area contributed by atoms with Gasteiger partial charge >= 0.3 is 0 Å². The lowest BCUT2D eigenvalue weighted by Crippen LogP contribution is -2.55. The number of carbonyl (C=O) groups excluding carboxylic acids is 2. The van der Waals surface area contributed by atoms with Crippen molar-refractivity contribution in [3.63, 3.8) is 0 Å². The van der Waals surface area contributed by atoms with Gasteiger partial charge in [-0.15, -0.1) is 0 Å². The largest absolute Gasteiger partial charge is 0.481 e. The van der Waals surface area contributed by atoms with Gasteiger partial charge in [0.05, 0.1) is 19.2 Å². The summed E-state index contributed by atoms with van der Waals surface area (Å²) in [6, 6.07) is 1.52. The van der Waals surface area contributed by atoms with Crippen molar-refractivity contribution < 1.29 is 14.3 Å². The van der Waals surface area contributed by atoms with E-state index in [0.717, 1.165) is 31.6 Å². The molecule has 2 bridgehead atoms. The topological polar surface area (TPSA) is 102 Å². The molecular weight excluding hydrogens is 348 g/mol. The standard InChI is InChI=1S/C18H20N6O3/c1-27-15-6-11(19-9-20-15)18(26)24-7-10-5-13(24)16(10)22-17(25)12-8-23-4-2-3-14(23)21-12/h6,8-10,13,16H,2-5,7H2,1H3,(H,22,25). The van der Waals surface area contributed by atoms with Gasteiger partial charge in [-0.05, 0) is 12.8 Å². The fraction of sp³-hybridized carbons (Fsp3) is 0.500. The normalized spacial score (nSPS) is 25.1. The molecule has 9 nitrogen and oxygen atoms in total.